The van der Waals surface area contributed by atoms with Gasteiger partial charge in [-0.2, -0.15) is 0 Å². The molecule has 1 amide bonds. The molecule has 0 aromatic heterocycles. The molecular formula is C26H39ClN4O5. The average Bonchev–Trinajstić information content (AvgIpc) is 2.89. The van der Waals surface area contributed by atoms with Crippen molar-refractivity contribution >= 4 is 29.2 Å². The second-order valence-electron chi connectivity index (χ2n) is 10.1. The second-order valence-corrected chi connectivity index (χ2v) is 10.5. The number of ether oxygens (including phenoxy) is 3. The zero-order valence-electron chi connectivity index (χ0n) is 21.2. The van der Waals surface area contributed by atoms with Crippen LogP contribution in [-0.4, -0.2) is 93.4 Å². The molecule has 0 aliphatic carbocycles. The minimum atomic E-state index is -0.278. The highest BCUT2D eigenvalue weighted by Crippen LogP contribution is 2.30. The van der Waals surface area contributed by atoms with Crippen molar-refractivity contribution in [2.75, 3.05) is 65.3 Å². The number of anilines is 1. The largest absolute Gasteiger partial charge is 0.496 e. The number of hydrogen-bond donors (Lipinski definition) is 2. The lowest BCUT2D eigenvalue weighted by molar-refractivity contribution is -0.158. The van der Waals surface area contributed by atoms with Crippen molar-refractivity contribution in [2.45, 2.75) is 50.7 Å². The first-order valence-corrected chi connectivity index (χ1v) is 13.5. The van der Waals surface area contributed by atoms with E-state index < -0.39 is 0 Å². The van der Waals surface area contributed by atoms with Gasteiger partial charge in [0.15, 0.2) is 0 Å². The number of carbonyl (C=O) groups excluding carboxylic acids is 2. The molecule has 0 radical (unpaired) electrons. The molecular weight excluding hydrogens is 484 g/mol. The molecule has 4 heterocycles. The number of morpholine rings is 1. The molecule has 4 saturated heterocycles. The molecule has 0 unspecified atom stereocenters. The lowest BCUT2D eigenvalue weighted by Gasteiger charge is -2.43. The van der Waals surface area contributed by atoms with Crippen LogP contribution in [0.2, 0.25) is 5.02 Å². The fourth-order valence-electron chi connectivity index (χ4n) is 5.38. The van der Waals surface area contributed by atoms with Crippen LogP contribution in [0.15, 0.2) is 12.1 Å². The number of halogens is 1. The monoisotopic (exact) mass is 522 g/mol. The van der Waals surface area contributed by atoms with E-state index in [1.807, 2.05) is 0 Å². The van der Waals surface area contributed by atoms with Crippen LogP contribution in [0.25, 0.3) is 0 Å². The number of fused-ring (bicyclic) bond motifs is 3. The molecule has 3 N–H and O–H groups in total. The summed E-state index contributed by atoms with van der Waals surface area (Å²) >= 11 is 6.08. The van der Waals surface area contributed by atoms with E-state index in [0.29, 0.717) is 47.5 Å². The van der Waals surface area contributed by atoms with Crippen molar-refractivity contribution in [1.82, 2.24) is 15.1 Å². The molecule has 1 aromatic carbocycles. The zero-order chi connectivity index (χ0) is 25.5. The Morgan fingerprint density at radius 2 is 1.97 bits per heavy atom. The predicted molar refractivity (Wildman–Crippen MR) is 138 cm³/mol. The molecule has 2 bridgehead atoms. The summed E-state index contributed by atoms with van der Waals surface area (Å²) < 4.78 is 16.9. The number of nitrogens with two attached hydrogens (primary N) is 1. The van der Waals surface area contributed by atoms with E-state index in [1.165, 1.54) is 13.2 Å². The fraction of sp³-hybridized carbons (Fsp3) is 0.692. The van der Waals surface area contributed by atoms with Gasteiger partial charge >= 0.3 is 5.97 Å². The standard InChI is InChI=1S/C26H39ClN4O5/c1-34-23-14-22(28)21(27)13-20(23)26(33)29-15-19-16-30(11-12-35-19)8-4-2-3-5-25(32)36-24-17-31-9-6-18(24)7-10-31/h13-14,18-19,24H,2-12,15-17,28H2,1H3,(H,29,33)/t19-,24-/m0/s1. The van der Waals surface area contributed by atoms with E-state index in [2.05, 4.69) is 15.1 Å². The highest BCUT2D eigenvalue weighted by atomic mass is 35.5. The van der Waals surface area contributed by atoms with Crippen LogP contribution < -0.4 is 15.8 Å². The van der Waals surface area contributed by atoms with Gasteiger partial charge in [-0.15, -0.1) is 0 Å². The smallest absolute Gasteiger partial charge is 0.306 e. The first-order valence-electron chi connectivity index (χ1n) is 13.1. The topological polar surface area (TPSA) is 106 Å². The number of benzene rings is 1. The maximum atomic E-state index is 12.7. The summed E-state index contributed by atoms with van der Waals surface area (Å²) in [4.78, 5) is 29.7. The summed E-state index contributed by atoms with van der Waals surface area (Å²) in [5.41, 5.74) is 6.51. The van der Waals surface area contributed by atoms with Crippen LogP contribution in [0.3, 0.4) is 0 Å². The molecule has 4 aliphatic rings. The number of piperidine rings is 3. The Bertz CT molecular complexity index is 909. The Balaban J connectivity index is 1.11. The molecule has 200 valence electrons. The van der Waals surface area contributed by atoms with Gasteiger partial charge in [-0.3, -0.25) is 19.4 Å². The van der Waals surface area contributed by atoms with Crippen molar-refractivity contribution in [3.63, 3.8) is 0 Å². The van der Waals surface area contributed by atoms with Crippen LogP contribution in [0.4, 0.5) is 5.69 Å². The predicted octanol–water partition coefficient (Wildman–Crippen LogP) is 2.56. The van der Waals surface area contributed by atoms with Crippen LogP contribution in [-0.2, 0) is 14.3 Å². The number of unbranched alkanes of at least 4 members (excludes halogenated alkanes) is 2. The summed E-state index contributed by atoms with van der Waals surface area (Å²) in [5, 5.41) is 3.23. The normalized spacial score (nSPS) is 25.9. The lowest BCUT2D eigenvalue weighted by atomic mass is 9.86. The Labute approximate surface area is 218 Å². The van der Waals surface area contributed by atoms with Gasteiger partial charge in [-0.25, -0.2) is 0 Å². The zero-order valence-corrected chi connectivity index (χ0v) is 21.9. The number of nitrogen functional groups attached to an aromatic ring is 1. The van der Waals surface area contributed by atoms with Crippen molar-refractivity contribution in [2.24, 2.45) is 5.92 Å². The van der Waals surface area contributed by atoms with E-state index in [1.54, 1.807) is 6.07 Å². The van der Waals surface area contributed by atoms with Crippen LogP contribution in [0, 0.1) is 5.92 Å². The van der Waals surface area contributed by atoms with Crippen LogP contribution in [0.1, 0.15) is 48.9 Å². The summed E-state index contributed by atoms with van der Waals surface area (Å²) in [6.07, 6.45) is 5.70. The quantitative estimate of drug-likeness (QED) is 0.259. The van der Waals surface area contributed by atoms with E-state index in [4.69, 9.17) is 31.5 Å². The van der Waals surface area contributed by atoms with E-state index in [0.717, 1.165) is 71.4 Å². The number of nitrogens with zero attached hydrogens (tertiary/aromatic N) is 2. The molecule has 0 spiro atoms. The lowest BCUT2D eigenvalue weighted by Crippen LogP contribution is -2.51. The third-order valence-electron chi connectivity index (χ3n) is 7.51. The highest BCUT2D eigenvalue weighted by molar-refractivity contribution is 6.33. The van der Waals surface area contributed by atoms with Gasteiger partial charge in [0, 0.05) is 38.7 Å². The van der Waals surface area contributed by atoms with Crippen molar-refractivity contribution in [1.29, 1.82) is 0 Å². The Morgan fingerprint density at radius 1 is 1.17 bits per heavy atom. The molecule has 2 atom stereocenters. The summed E-state index contributed by atoms with van der Waals surface area (Å²) in [6, 6.07) is 3.07. The molecule has 1 aromatic rings. The maximum Gasteiger partial charge on any atom is 0.306 e. The molecule has 0 saturated carbocycles. The second kappa shape index (κ2) is 12.9. The van der Waals surface area contributed by atoms with Gasteiger partial charge in [0.25, 0.3) is 5.91 Å². The van der Waals surface area contributed by atoms with Crippen molar-refractivity contribution < 1.29 is 23.8 Å². The SMILES string of the molecule is COc1cc(N)c(Cl)cc1C(=O)NC[C@H]1CN(CCCCCC(=O)O[C@H]2CN3CCC2CC3)CCO1. The number of hydrogen-bond acceptors (Lipinski definition) is 8. The van der Waals surface area contributed by atoms with E-state index in [9.17, 15) is 9.59 Å². The number of amides is 1. The minimum absolute atomic E-state index is 0.0463. The summed E-state index contributed by atoms with van der Waals surface area (Å²) in [7, 11) is 1.49. The van der Waals surface area contributed by atoms with Crippen LogP contribution >= 0.6 is 11.6 Å². The Kier molecular flexibility index (Phi) is 9.70. The molecule has 10 heteroatoms. The molecule has 4 aliphatic heterocycles. The molecule has 4 fully saturated rings. The maximum absolute atomic E-state index is 12.7. The van der Waals surface area contributed by atoms with Gasteiger partial charge in [-0.05, 0) is 57.3 Å². The number of methoxy groups -OCH3 is 1. The third-order valence-corrected chi connectivity index (χ3v) is 7.84. The number of carbonyl (C=O) groups is 2. The summed E-state index contributed by atoms with van der Waals surface area (Å²) in [6.45, 7) is 6.81. The Hall–Kier alpha value is -2.07. The minimum Gasteiger partial charge on any atom is -0.496 e. The molecule has 36 heavy (non-hydrogen) atoms. The van der Waals surface area contributed by atoms with Crippen molar-refractivity contribution in [3.05, 3.63) is 22.7 Å². The van der Waals surface area contributed by atoms with Gasteiger partial charge in [-0.1, -0.05) is 18.0 Å². The number of esters is 1. The molecule has 9 nitrogen and oxygen atoms in total. The van der Waals surface area contributed by atoms with Gasteiger partial charge in [0.1, 0.15) is 11.9 Å². The number of nitrogens with one attached hydrogen (secondary N) is 1. The fourth-order valence-corrected chi connectivity index (χ4v) is 5.54. The van der Waals surface area contributed by atoms with Crippen LogP contribution in [0.5, 0.6) is 5.75 Å². The first kappa shape index (κ1) is 27.0. The molecule has 5 rings (SSSR count). The van der Waals surface area contributed by atoms with Gasteiger partial charge in [0.05, 0.1) is 36.1 Å². The van der Waals surface area contributed by atoms with Gasteiger partial charge < -0.3 is 25.3 Å². The summed E-state index contributed by atoms with van der Waals surface area (Å²) in [5.74, 6) is 0.618. The highest BCUT2D eigenvalue weighted by Gasteiger charge is 2.36. The third kappa shape index (κ3) is 7.25. The van der Waals surface area contributed by atoms with E-state index >= 15 is 0 Å². The Morgan fingerprint density at radius 3 is 2.69 bits per heavy atom. The first-order chi connectivity index (χ1) is 17.4. The number of rotatable bonds is 11. The van der Waals surface area contributed by atoms with Gasteiger partial charge in [0.2, 0.25) is 0 Å². The van der Waals surface area contributed by atoms with Crippen molar-refractivity contribution in [3.8, 4) is 5.75 Å². The average molecular weight is 523 g/mol. The van der Waals surface area contributed by atoms with E-state index in [-0.39, 0.29) is 24.1 Å².